The average molecular weight is 751 g/mol. The predicted octanol–water partition coefficient (Wildman–Crippen LogP) is 13.1. The van der Waals surface area contributed by atoms with E-state index in [2.05, 4.69) is 185 Å². The van der Waals surface area contributed by atoms with Crippen molar-refractivity contribution in [2.24, 2.45) is 4.99 Å². The van der Waals surface area contributed by atoms with Crippen molar-refractivity contribution in [1.82, 2.24) is 15.2 Å². The molecule has 0 amide bonds. The van der Waals surface area contributed by atoms with Gasteiger partial charge in [-0.1, -0.05) is 133 Å². The molecule has 2 N–H and O–H groups in total. The molecule has 6 heteroatoms. The Morgan fingerprint density at radius 1 is 0.544 bits per heavy atom. The van der Waals surface area contributed by atoms with Gasteiger partial charge in [-0.25, -0.2) is 4.99 Å². The zero-order chi connectivity index (χ0) is 37.5. The van der Waals surface area contributed by atoms with E-state index in [1.807, 2.05) is 23.5 Å². The molecule has 3 aromatic heterocycles. The molecule has 0 bridgehead atoms. The number of hydrogen-bond donors (Lipinski definition) is 2. The number of aliphatic imine (C=N–C) groups is 1. The first-order valence-corrected chi connectivity index (χ1v) is 20.2. The maximum atomic E-state index is 6.68. The van der Waals surface area contributed by atoms with Gasteiger partial charge in [-0.05, 0) is 65.2 Å². The first kappa shape index (κ1) is 32.3. The number of hydrogen-bond acceptors (Lipinski definition) is 5. The molecule has 1 aliphatic rings. The van der Waals surface area contributed by atoms with Crippen molar-refractivity contribution in [2.75, 3.05) is 0 Å². The Balaban J connectivity index is 0.956. The van der Waals surface area contributed by atoms with Crippen molar-refractivity contribution in [3.05, 3.63) is 199 Å². The molecule has 0 saturated heterocycles. The molecule has 270 valence electrons. The van der Waals surface area contributed by atoms with Crippen LogP contribution in [0.2, 0.25) is 0 Å². The summed E-state index contributed by atoms with van der Waals surface area (Å²) in [6.07, 6.45) is -0.417. The summed E-state index contributed by atoms with van der Waals surface area (Å²) in [6, 6.07) is 64.8. The Labute approximate surface area is 332 Å². The van der Waals surface area contributed by atoms with Crippen LogP contribution in [0.25, 0.3) is 80.7 Å². The number of thiophene rings is 1. The van der Waals surface area contributed by atoms with Gasteiger partial charge in [0.25, 0.3) is 0 Å². The van der Waals surface area contributed by atoms with Crippen LogP contribution in [0.15, 0.2) is 191 Å². The van der Waals surface area contributed by atoms with Crippen LogP contribution in [-0.2, 0) is 0 Å². The summed E-state index contributed by atoms with van der Waals surface area (Å²) in [4.78, 5) is 5.13. The average Bonchev–Trinajstić information content (AvgIpc) is 3.96. The zero-order valence-corrected chi connectivity index (χ0v) is 31.5. The van der Waals surface area contributed by atoms with Gasteiger partial charge in [-0.2, -0.15) is 0 Å². The highest BCUT2D eigenvalue weighted by Crippen LogP contribution is 2.43. The van der Waals surface area contributed by atoms with E-state index in [9.17, 15) is 0 Å². The number of benzene rings is 8. The molecule has 2 atom stereocenters. The maximum absolute atomic E-state index is 6.68. The highest BCUT2D eigenvalue weighted by molar-refractivity contribution is 7.26. The molecule has 0 spiro atoms. The maximum Gasteiger partial charge on any atom is 0.136 e. The van der Waals surface area contributed by atoms with Gasteiger partial charge in [0.15, 0.2) is 0 Å². The third-order valence-electron chi connectivity index (χ3n) is 11.5. The Kier molecular flexibility index (Phi) is 7.24. The van der Waals surface area contributed by atoms with Crippen molar-refractivity contribution in [2.45, 2.75) is 12.3 Å². The second kappa shape index (κ2) is 12.8. The topological polar surface area (TPSA) is 54.5 Å². The zero-order valence-electron chi connectivity index (χ0n) is 30.7. The summed E-state index contributed by atoms with van der Waals surface area (Å²) in [5.41, 5.74) is 11.0. The summed E-state index contributed by atoms with van der Waals surface area (Å²) >= 11 is 1.86. The number of rotatable bonds is 5. The fraction of sp³-hybridized carbons (Fsp3) is 0.0392. The number of furan rings is 1. The monoisotopic (exact) mass is 750 g/mol. The number of nitrogens with zero attached hydrogens (tertiary/aromatic N) is 2. The van der Waals surface area contributed by atoms with E-state index in [4.69, 9.17) is 9.41 Å². The fourth-order valence-electron chi connectivity index (χ4n) is 8.88. The summed E-state index contributed by atoms with van der Waals surface area (Å²) in [6.45, 7) is 0. The van der Waals surface area contributed by atoms with Gasteiger partial charge in [-0.15, -0.1) is 11.3 Å². The number of amidine groups is 1. The van der Waals surface area contributed by atoms with E-state index in [0.29, 0.717) is 0 Å². The standard InChI is InChI=1S/C51H34N4OS/c1-3-13-31(14-4-1)49-52-50(32-15-5-2-6-16-32)54-51(53-49)40-21-12-24-44-47(40)39-27-25-33(29-45(39)56-44)35-19-11-20-38-41-30-34(26-28-46(41)57-48(35)38)55-42-22-9-7-17-36(42)37-18-8-10-23-43(37)55/h1-30,49,51,53H,(H,52,54). The van der Waals surface area contributed by atoms with Gasteiger partial charge in [0.05, 0.1) is 11.0 Å². The lowest BCUT2D eigenvalue weighted by atomic mass is 9.99. The number of para-hydroxylation sites is 2. The van der Waals surface area contributed by atoms with E-state index in [1.165, 1.54) is 53.2 Å². The van der Waals surface area contributed by atoms with Crippen molar-refractivity contribution in [1.29, 1.82) is 0 Å². The first-order valence-electron chi connectivity index (χ1n) is 19.4. The van der Waals surface area contributed by atoms with Gasteiger partial charge in [0.2, 0.25) is 0 Å². The fourth-order valence-corrected chi connectivity index (χ4v) is 10.1. The van der Waals surface area contributed by atoms with Crippen LogP contribution in [0.1, 0.15) is 29.0 Å². The normalized spacial score (nSPS) is 15.9. The molecule has 0 aliphatic carbocycles. The molecule has 57 heavy (non-hydrogen) atoms. The Morgan fingerprint density at radius 3 is 2.07 bits per heavy atom. The largest absolute Gasteiger partial charge is 0.456 e. The van der Waals surface area contributed by atoms with Crippen LogP contribution in [0, 0.1) is 0 Å². The van der Waals surface area contributed by atoms with Gasteiger partial charge < -0.3 is 14.3 Å². The minimum absolute atomic E-state index is 0.202. The Hall–Kier alpha value is -6.99. The van der Waals surface area contributed by atoms with Gasteiger partial charge >= 0.3 is 0 Å². The Bertz CT molecular complexity index is 3320. The van der Waals surface area contributed by atoms with E-state index in [1.54, 1.807) is 0 Å². The molecular weight excluding hydrogens is 717 g/mol. The lowest BCUT2D eigenvalue weighted by molar-refractivity contribution is 0.411. The lowest BCUT2D eigenvalue weighted by Crippen LogP contribution is -2.45. The summed E-state index contributed by atoms with van der Waals surface area (Å²) in [5.74, 6) is 0.860. The third kappa shape index (κ3) is 5.15. The molecule has 11 aromatic rings. The molecule has 0 radical (unpaired) electrons. The van der Waals surface area contributed by atoms with Crippen LogP contribution in [-0.4, -0.2) is 10.4 Å². The van der Waals surface area contributed by atoms with Gasteiger partial charge in [0, 0.05) is 58.5 Å². The number of nitrogens with one attached hydrogen (secondary N) is 2. The first-order chi connectivity index (χ1) is 28.2. The molecule has 12 rings (SSSR count). The second-order valence-electron chi connectivity index (χ2n) is 14.8. The van der Waals surface area contributed by atoms with Gasteiger partial charge in [-0.3, -0.25) is 5.32 Å². The van der Waals surface area contributed by atoms with Crippen molar-refractivity contribution in [3.8, 4) is 16.8 Å². The molecule has 4 heterocycles. The molecular formula is C51H34N4OS. The summed E-state index contributed by atoms with van der Waals surface area (Å²) in [7, 11) is 0. The molecule has 1 aliphatic heterocycles. The molecule has 2 unspecified atom stereocenters. The molecule has 8 aromatic carbocycles. The number of aromatic nitrogens is 1. The van der Waals surface area contributed by atoms with Crippen LogP contribution in [0.3, 0.4) is 0 Å². The van der Waals surface area contributed by atoms with Crippen LogP contribution >= 0.6 is 11.3 Å². The highest BCUT2D eigenvalue weighted by atomic mass is 32.1. The van der Waals surface area contributed by atoms with Crippen molar-refractivity contribution >= 4 is 81.1 Å². The SMILES string of the molecule is c1ccc(C2=NC(c3ccccc3)NC(c3cccc4oc5cc(-c6cccc7c6sc6ccc(-n8c9ccccc9c9ccccc98)cc67)ccc5c34)N2)cc1. The smallest absolute Gasteiger partial charge is 0.136 e. The van der Waals surface area contributed by atoms with E-state index in [-0.39, 0.29) is 12.3 Å². The van der Waals surface area contributed by atoms with E-state index < -0.39 is 0 Å². The molecule has 5 nitrogen and oxygen atoms in total. The minimum Gasteiger partial charge on any atom is -0.456 e. The summed E-state index contributed by atoms with van der Waals surface area (Å²) < 4.78 is 11.6. The quantitative estimate of drug-likeness (QED) is 0.184. The predicted molar refractivity (Wildman–Crippen MR) is 238 cm³/mol. The van der Waals surface area contributed by atoms with Crippen molar-refractivity contribution in [3.63, 3.8) is 0 Å². The number of fused-ring (bicyclic) bond motifs is 9. The molecule has 0 saturated carbocycles. The van der Waals surface area contributed by atoms with Crippen molar-refractivity contribution < 1.29 is 4.42 Å². The van der Waals surface area contributed by atoms with Crippen LogP contribution < -0.4 is 10.6 Å². The molecule has 0 fully saturated rings. The third-order valence-corrected chi connectivity index (χ3v) is 12.7. The lowest BCUT2D eigenvalue weighted by Gasteiger charge is -2.32. The summed E-state index contributed by atoms with van der Waals surface area (Å²) in [5, 5.41) is 14.8. The van der Waals surface area contributed by atoms with E-state index in [0.717, 1.165) is 50.0 Å². The highest BCUT2D eigenvalue weighted by Gasteiger charge is 2.28. The van der Waals surface area contributed by atoms with Crippen LogP contribution in [0.4, 0.5) is 0 Å². The van der Waals surface area contributed by atoms with E-state index >= 15 is 0 Å². The van der Waals surface area contributed by atoms with Crippen LogP contribution in [0.5, 0.6) is 0 Å². The Morgan fingerprint density at radius 2 is 1.26 bits per heavy atom. The van der Waals surface area contributed by atoms with Gasteiger partial charge in [0.1, 0.15) is 29.3 Å². The second-order valence-corrected chi connectivity index (χ2v) is 15.8. The minimum atomic E-state index is -0.215.